The van der Waals surface area contributed by atoms with Gasteiger partial charge in [-0.25, -0.2) is 4.39 Å². The summed E-state index contributed by atoms with van der Waals surface area (Å²) in [4.78, 5) is 44.7. The number of hydrogen-bond donors (Lipinski definition) is 2. The molecule has 3 atom stereocenters. The zero-order valence-electron chi connectivity index (χ0n) is 37.6. The molecule has 2 N–H and O–H groups in total. The van der Waals surface area contributed by atoms with Crippen LogP contribution < -0.4 is 24.6 Å². The fourth-order valence-electron chi connectivity index (χ4n) is 10.5. The number of amides is 1. The Morgan fingerprint density at radius 2 is 1.87 bits per heavy atom. The van der Waals surface area contributed by atoms with Gasteiger partial charge >= 0.3 is 0 Å². The van der Waals surface area contributed by atoms with E-state index in [0.717, 1.165) is 88.1 Å². The molecule has 63 heavy (non-hydrogen) atoms. The van der Waals surface area contributed by atoms with Gasteiger partial charge in [-0.2, -0.15) is 0 Å². The van der Waals surface area contributed by atoms with Crippen LogP contribution >= 0.6 is 0 Å². The second-order valence-electron chi connectivity index (χ2n) is 18.5. The van der Waals surface area contributed by atoms with Crippen LogP contribution in [-0.4, -0.2) is 113 Å². The summed E-state index contributed by atoms with van der Waals surface area (Å²) >= 11 is 0. The van der Waals surface area contributed by atoms with Crippen LogP contribution in [0.5, 0.6) is 17.2 Å². The number of benzene rings is 3. The number of anilines is 2. The van der Waals surface area contributed by atoms with E-state index < -0.39 is 6.04 Å². The lowest BCUT2D eigenvalue weighted by Gasteiger charge is -2.55. The number of aromatic hydroxyl groups is 1. The summed E-state index contributed by atoms with van der Waals surface area (Å²) in [5.74, 6) is 2.74. The lowest BCUT2D eigenvalue weighted by atomic mass is 9.65. The number of allylic oxidation sites excluding steroid dienone is 3. The van der Waals surface area contributed by atoms with Crippen molar-refractivity contribution < 1.29 is 33.4 Å². The number of likely N-dealkylation sites (N-methyl/N-ethyl adjacent to an activating group) is 1. The molecule has 2 unspecified atom stereocenters. The first-order valence-electron chi connectivity index (χ1n) is 22.8. The van der Waals surface area contributed by atoms with Gasteiger partial charge in [0, 0.05) is 76.3 Å². The van der Waals surface area contributed by atoms with Gasteiger partial charge in [-0.05, 0) is 130 Å². The second kappa shape index (κ2) is 20.5. The number of carbonyl (C=O) groups excluding carboxylic acids is 3. The van der Waals surface area contributed by atoms with Crippen LogP contribution in [0.4, 0.5) is 15.8 Å². The van der Waals surface area contributed by atoms with E-state index in [1.165, 1.54) is 48.4 Å². The highest BCUT2D eigenvalue weighted by Crippen LogP contribution is 2.48. The van der Waals surface area contributed by atoms with E-state index in [2.05, 4.69) is 44.8 Å². The summed E-state index contributed by atoms with van der Waals surface area (Å²) in [5, 5.41) is 12.0. The van der Waals surface area contributed by atoms with Gasteiger partial charge in [-0.3, -0.25) is 19.4 Å². The van der Waals surface area contributed by atoms with E-state index in [9.17, 15) is 23.9 Å². The number of methoxy groups -OCH3 is 1. The fourth-order valence-corrected chi connectivity index (χ4v) is 10.5. The molecule has 3 aromatic rings. The van der Waals surface area contributed by atoms with Crippen LogP contribution in [-0.2, 0) is 29.0 Å². The first kappa shape index (κ1) is 45.8. The van der Waals surface area contributed by atoms with Crippen LogP contribution in [0.15, 0.2) is 72.8 Å². The monoisotopic (exact) mass is 863 g/mol. The maximum atomic E-state index is 14.5. The number of aldehydes is 2. The number of rotatable bonds is 14. The van der Waals surface area contributed by atoms with E-state index >= 15 is 0 Å². The summed E-state index contributed by atoms with van der Waals surface area (Å²) in [6.45, 7) is 12.9. The third-order valence-corrected chi connectivity index (χ3v) is 14.3. The third kappa shape index (κ3) is 10.8. The lowest BCUT2D eigenvalue weighted by Crippen LogP contribution is -2.59. The number of phenolic OH excluding ortho intramolecular Hbond substituents is 1. The first-order chi connectivity index (χ1) is 30.4. The molecule has 1 amide bonds. The van der Waals surface area contributed by atoms with Crippen LogP contribution in [0.3, 0.4) is 0 Å². The first-order valence-corrected chi connectivity index (χ1v) is 22.8. The van der Waals surface area contributed by atoms with Gasteiger partial charge in [0.1, 0.15) is 36.0 Å². The Balaban J connectivity index is 0.000000312. The SMILES string of the molecule is C=C(/C=C\C)[C@H]1CCc2cc(O)ccc2C1.CNC(=O)CCC(C=O)N(C)Cc1cc2c(cc1C=O)OCC1CN(CC3CCC4(CC3)CN(c3cc(OC)ccc3F)C4)CCN21. The highest BCUT2D eigenvalue weighted by atomic mass is 19.1. The smallest absolute Gasteiger partial charge is 0.219 e. The van der Waals surface area contributed by atoms with E-state index in [-0.39, 0.29) is 24.2 Å². The van der Waals surface area contributed by atoms with Gasteiger partial charge in [-0.15, -0.1) is 0 Å². The maximum absolute atomic E-state index is 14.5. The molecule has 2 aliphatic carbocycles. The molecular weight excluding hydrogens is 798 g/mol. The van der Waals surface area contributed by atoms with Crippen molar-refractivity contribution in [3.05, 3.63) is 101 Å². The summed E-state index contributed by atoms with van der Waals surface area (Å²) in [5.41, 5.74) is 7.24. The molecule has 2 saturated heterocycles. The van der Waals surface area contributed by atoms with Crippen molar-refractivity contribution in [3.63, 3.8) is 0 Å². The molecule has 1 saturated carbocycles. The Hall–Kier alpha value is -5.20. The van der Waals surface area contributed by atoms with Crippen molar-refractivity contribution in [2.24, 2.45) is 17.3 Å². The minimum Gasteiger partial charge on any atom is -0.508 e. The summed E-state index contributed by atoms with van der Waals surface area (Å²) < 4.78 is 26.0. The summed E-state index contributed by atoms with van der Waals surface area (Å²) in [7, 11) is 5.05. The number of phenols is 1. The number of hydrogen-bond acceptors (Lipinski definition) is 10. The van der Waals surface area contributed by atoms with Crippen LogP contribution in [0.1, 0.15) is 78.9 Å². The van der Waals surface area contributed by atoms with Crippen LogP contribution in [0.2, 0.25) is 0 Å². The van der Waals surface area contributed by atoms with E-state index in [1.54, 1.807) is 26.3 Å². The Morgan fingerprint density at radius 1 is 1.08 bits per heavy atom. The molecule has 0 radical (unpaired) electrons. The number of halogens is 1. The third-order valence-electron chi connectivity index (χ3n) is 14.3. The molecule has 5 aliphatic rings. The molecular formula is C51H66FN5O6. The maximum Gasteiger partial charge on any atom is 0.219 e. The van der Waals surface area contributed by atoms with Gasteiger partial charge in [0.15, 0.2) is 6.29 Å². The molecule has 338 valence electrons. The molecule has 8 rings (SSSR count). The minimum atomic E-state index is -0.427. The Labute approximate surface area is 372 Å². The van der Waals surface area contributed by atoms with Gasteiger partial charge in [0.25, 0.3) is 0 Å². The predicted octanol–water partition coefficient (Wildman–Crippen LogP) is 7.38. The van der Waals surface area contributed by atoms with E-state index in [1.807, 2.05) is 43.1 Å². The van der Waals surface area contributed by atoms with Gasteiger partial charge < -0.3 is 34.5 Å². The number of fused-ring (bicyclic) bond motifs is 4. The van der Waals surface area contributed by atoms with E-state index in [0.29, 0.717) is 59.6 Å². The average molecular weight is 864 g/mol. The van der Waals surface area contributed by atoms with Gasteiger partial charge in [0.2, 0.25) is 5.91 Å². The normalized spacial score (nSPS) is 20.9. The number of ether oxygens (including phenoxy) is 2. The lowest BCUT2D eigenvalue weighted by molar-refractivity contribution is -0.121. The second-order valence-corrected chi connectivity index (χ2v) is 18.5. The van der Waals surface area contributed by atoms with Crippen molar-refractivity contribution in [2.75, 3.05) is 76.9 Å². The number of nitrogens with zero attached hydrogens (tertiary/aromatic N) is 4. The fraction of sp³-hybridized carbons (Fsp3) is 0.510. The standard InChI is InChI=1S/C36H48FN5O5.C15H18O/c1-38-35(45)7-4-28(21-44)39(2)18-26-14-33-34(15-27(26)20-43)47-22-29-19-40(12-13-42(29)33)17-25-8-10-36(11-9-25)23-41(24-36)32-16-30(46-3)5-6-31(32)37;1-3-4-11(2)12-5-6-14-10-15(16)8-7-13(14)9-12/h5-6,14-16,20-21,25,28-29H,4,7-13,17-19,22-24H2,1-3H3,(H,38,45);3-4,7-8,10,12,16H,2,5-6,9H2,1H3/b;4-3-/t;12-/m.0/s1. The number of aryl methyl sites for hydroxylation is 1. The average Bonchev–Trinajstić information content (AvgIpc) is 3.28. The molecule has 3 aromatic carbocycles. The van der Waals surface area contributed by atoms with Gasteiger partial charge in [-0.1, -0.05) is 30.4 Å². The molecule has 11 nitrogen and oxygen atoms in total. The van der Waals surface area contributed by atoms with Crippen molar-refractivity contribution in [2.45, 2.75) is 83.3 Å². The van der Waals surface area contributed by atoms with Crippen LogP contribution in [0.25, 0.3) is 0 Å². The van der Waals surface area contributed by atoms with Crippen LogP contribution in [0, 0.1) is 23.1 Å². The zero-order valence-corrected chi connectivity index (χ0v) is 37.6. The molecule has 12 heteroatoms. The quantitative estimate of drug-likeness (QED) is 0.126. The Morgan fingerprint density at radius 3 is 2.59 bits per heavy atom. The molecule has 1 spiro atoms. The summed E-state index contributed by atoms with van der Waals surface area (Å²) in [6.07, 6.45) is 14.6. The predicted molar refractivity (Wildman–Crippen MR) is 247 cm³/mol. The van der Waals surface area contributed by atoms with Crippen molar-refractivity contribution in [1.29, 1.82) is 0 Å². The summed E-state index contributed by atoms with van der Waals surface area (Å²) in [6, 6.07) is 14.4. The van der Waals surface area contributed by atoms with Gasteiger partial charge in [0.05, 0.1) is 30.6 Å². The minimum absolute atomic E-state index is 0.102. The highest BCUT2D eigenvalue weighted by Gasteiger charge is 2.46. The van der Waals surface area contributed by atoms with E-state index in [4.69, 9.17) is 9.47 Å². The molecule has 3 heterocycles. The van der Waals surface area contributed by atoms with Crippen molar-refractivity contribution in [3.8, 4) is 17.2 Å². The zero-order chi connectivity index (χ0) is 44.7. The highest BCUT2D eigenvalue weighted by molar-refractivity contribution is 5.81. The molecule has 0 bridgehead atoms. The Kier molecular flexibility index (Phi) is 14.9. The molecule has 3 fully saturated rings. The number of nitrogens with one attached hydrogen (secondary N) is 1. The number of carbonyl (C=O) groups is 3. The largest absolute Gasteiger partial charge is 0.508 e. The van der Waals surface area contributed by atoms with Crippen molar-refractivity contribution in [1.82, 2.24) is 15.1 Å². The Bertz CT molecular complexity index is 2140. The molecule has 3 aliphatic heterocycles. The molecule has 0 aromatic heterocycles. The number of piperazine rings is 1. The van der Waals surface area contributed by atoms with Crippen molar-refractivity contribution >= 4 is 29.9 Å². The topological polar surface area (TPSA) is 115 Å².